The fourth-order valence-electron chi connectivity index (χ4n) is 8.44. The topological polar surface area (TPSA) is 92.3 Å². The van der Waals surface area contributed by atoms with Crippen molar-refractivity contribution < 1.29 is 41.2 Å². The Balaban J connectivity index is 3.20. The van der Waals surface area contributed by atoms with E-state index < -0.39 is 83.9 Å². The van der Waals surface area contributed by atoms with Crippen molar-refractivity contribution in [1.29, 1.82) is 0 Å². The Labute approximate surface area is 366 Å². The molecule has 0 saturated carbocycles. The van der Waals surface area contributed by atoms with E-state index in [2.05, 4.69) is 125 Å². The Morgan fingerprint density at radius 3 is 0.421 bits per heavy atom. The molecular weight excluding hydrogens is 905 g/mol. The molecule has 2 rings (SSSR count). The maximum Gasteiger partial charge on any atom is 0.386 e. The minimum atomic E-state index is -3.34. The van der Waals surface area contributed by atoms with E-state index in [1.807, 2.05) is 10.7 Å². The van der Waals surface area contributed by atoms with Gasteiger partial charge in [0.2, 0.25) is 0 Å². The molecule has 0 aromatic rings. The Morgan fingerprint density at radius 2 is 0.316 bits per heavy atom. The second-order valence-corrected chi connectivity index (χ2v) is 60.7. The molecule has 2 aliphatic rings. The first-order valence-electron chi connectivity index (χ1n) is 23.6. The van der Waals surface area contributed by atoms with Gasteiger partial charge < -0.3 is 41.2 Å². The van der Waals surface area contributed by atoms with Gasteiger partial charge >= 0.3 is 83.9 Å². The molecule has 10 nitrogen and oxygen atoms in total. The summed E-state index contributed by atoms with van der Waals surface area (Å²) in [6.07, 6.45) is 0. The molecule has 21 heteroatoms. The summed E-state index contributed by atoms with van der Waals surface area (Å²) in [6, 6.07) is 15.2. The summed E-state index contributed by atoms with van der Waals surface area (Å²) in [7, 11) is -27.4. The van der Waals surface area contributed by atoms with Gasteiger partial charge in [-0.2, -0.15) is 0 Å². The van der Waals surface area contributed by atoms with Crippen molar-refractivity contribution in [1.82, 2.24) is 0 Å². The van der Waals surface area contributed by atoms with E-state index in [9.17, 15) is 0 Å². The van der Waals surface area contributed by atoms with E-state index in [-0.39, 0.29) is 0 Å². The van der Waals surface area contributed by atoms with Gasteiger partial charge in [-0.3, -0.25) is 0 Å². The smallest absolute Gasteiger partial charge is 0.386 e. The van der Waals surface area contributed by atoms with Gasteiger partial charge in [0.25, 0.3) is 0 Å². The minimum absolute atomic E-state index is 0.742. The highest BCUT2D eigenvalue weighted by atomic mass is 32.5. The average molecular weight is 996 g/mol. The van der Waals surface area contributed by atoms with Gasteiger partial charge in [0, 0.05) is 0 Å². The van der Waals surface area contributed by atoms with E-state index in [4.69, 9.17) is 41.2 Å². The molecule has 2 aliphatic heterocycles. The first-order chi connectivity index (χ1) is 26.9. The summed E-state index contributed by atoms with van der Waals surface area (Å²) < 4.78 is 78.1. The largest absolute Gasteiger partial charge is 0.415 e. The van der Waals surface area contributed by atoms with Crippen LogP contribution in [0.1, 0.15) is 125 Å². The Hall–Kier alpha value is 2.12. The number of hydrogen-bond acceptors (Lipinski definition) is 11. The molecule has 0 spiro atoms. The average Bonchev–Trinajstić information content (AvgIpc) is 3.26. The molecule has 340 valence electrons. The van der Waals surface area contributed by atoms with Gasteiger partial charge in [-0.05, 0) is 109 Å². The van der Waals surface area contributed by atoms with E-state index in [1.165, 1.54) is 0 Å². The summed E-state index contributed by atoms with van der Waals surface area (Å²) in [6.45, 7) is 41.0. The molecule has 0 radical (unpaired) electrons. The van der Waals surface area contributed by atoms with E-state index in [0.29, 0.717) is 0 Å². The third kappa shape index (κ3) is 12.3. The summed E-state index contributed by atoms with van der Waals surface area (Å²) >= 11 is 0. The van der Waals surface area contributed by atoms with Crippen molar-refractivity contribution >= 4 is 94.6 Å². The third-order valence-corrected chi connectivity index (χ3v) is 74.0. The molecular formula is C36H90O10SSi10. The van der Waals surface area contributed by atoms with Gasteiger partial charge in [0.1, 0.15) is 0 Å². The lowest BCUT2D eigenvalue weighted by Gasteiger charge is -2.55. The van der Waals surface area contributed by atoms with Gasteiger partial charge in [-0.15, -0.1) is 0 Å². The van der Waals surface area contributed by atoms with Crippen molar-refractivity contribution in [2.75, 3.05) is 0 Å². The second kappa shape index (κ2) is 22.8. The summed E-state index contributed by atoms with van der Waals surface area (Å²) in [4.78, 5) is 0. The molecule has 0 aromatic carbocycles. The van der Waals surface area contributed by atoms with Crippen LogP contribution in [0.15, 0.2) is 0 Å². The molecule has 0 unspecified atom stereocenters. The van der Waals surface area contributed by atoms with E-state index in [1.54, 1.807) is 0 Å². The maximum absolute atomic E-state index is 8.04. The fourth-order valence-corrected chi connectivity index (χ4v) is 86.0. The van der Waals surface area contributed by atoms with Crippen molar-refractivity contribution in [3.8, 4) is 0 Å². The highest BCUT2D eigenvalue weighted by Gasteiger charge is 2.67. The van der Waals surface area contributed by atoms with Gasteiger partial charge in [0.05, 0.1) is 0 Å². The zero-order valence-electron chi connectivity index (χ0n) is 40.2. The van der Waals surface area contributed by atoms with Gasteiger partial charge in [-0.25, -0.2) is 0 Å². The van der Waals surface area contributed by atoms with Crippen LogP contribution in [-0.4, -0.2) is 83.9 Å². The zero-order valence-corrected chi connectivity index (χ0v) is 51.0. The predicted octanol–water partition coefficient (Wildman–Crippen LogP) is 13.7. The predicted molar refractivity (Wildman–Crippen MR) is 265 cm³/mol. The summed E-state index contributed by atoms with van der Waals surface area (Å²) in [5.41, 5.74) is 0. The lowest BCUT2D eigenvalue weighted by atomic mass is 10.9. The van der Waals surface area contributed by atoms with Crippen molar-refractivity contribution in [2.45, 2.75) is 233 Å². The molecule has 2 fully saturated rings. The molecule has 0 atom stereocenters. The monoisotopic (exact) mass is 994 g/mol. The lowest BCUT2D eigenvalue weighted by Crippen LogP contribution is -2.72. The van der Waals surface area contributed by atoms with Crippen molar-refractivity contribution in [3.05, 3.63) is 0 Å². The molecule has 2 heterocycles. The first kappa shape index (κ1) is 55.3. The molecule has 0 bridgehead atoms. The van der Waals surface area contributed by atoms with Crippen LogP contribution in [0.25, 0.3) is 0 Å². The molecule has 0 aromatic heterocycles. The van der Waals surface area contributed by atoms with E-state index in [0.717, 1.165) is 109 Å². The normalized spacial score (nSPS) is 26.0. The van der Waals surface area contributed by atoms with Crippen LogP contribution in [0.5, 0.6) is 0 Å². The number of hydrogen-bond donors (Lipinski definition) is 0. The molecule has 57 heavy (non-hydrogen) atoms. The fraction of sp³-hybridized carbons (Fsp3) is 1.00. The SMILES string of the molecule is CC[Si]1(CC)O[Si](CC)(CC)O[Si](CC)(CC)O[Si](CC)(S[Si]2(CC)O[Si](CC)(CC)O[Si](CC)(CC)O[Si](CC)(CC)O[Si](CC)(CC)O2)O[Si](CC)(CC)O1. The van der Waals surface area contributed by atoms with Crippen LogP contribution in [0.4, 0.5) is 0 Å². The summed E-state index contributed by atoms with van der Waals surface area (Å²) in [5, 5.41) is 0. The highest BCUT2D eigenvalue weighted by Crippen LogP contribution is 2.51. The number of rotatable bonds is 20. The minimum Gasteiger partial charge on any atom is -0.415 e. The quantitative estimate of drug-likeness (QED) is 0.109. The summed E-state index contributed by atoms with van der Waals surface area (Å²) in [5.74, 6) is 0. The van der Waals surface area contributed by atoms with Crippen LogP contribution in [0.3, 0.4) is 0 Å². The van der Waals surface area contributed by atoms with Crippen LogP contribution in [0.2, 0.25) is 109 Å². The molecule has 0 N–H and O–H groups in total. The standard InChI is InChI=1S/C36H90O10SSi10/c1-19-48(20-2)37-49(21-3,22-4)40-53(29-11,30-12)44-56(35-17,43-52(27-9,28-10)39-48)47-57(36-18)45-54(31-13,32-14)41-50(23-5,24-6)38-51(25-7,26-8)42-55(33-15,34-16)46-57/h19-36H2,1-18H3. The van der Waals surface area contributed by atoms with Crippen molar-refractivity contribution in [2.24, 2.45) is 0 Å². The first-order valence-corrected chi connectivity index (χ1v) is 47.7. The van der Waals surface area contributed by atoms with Crippen LogP contribution >= 0.6 is 10.7 Å². The van der Waals surface area contributed by atoms with Crippen LogP contribution in [0, 0.1) is 0 Å². The molecule has 0 aliphatic carbocycles. The Kier molecular flexibility index (Phi) is 22.1. The van der Waals surface area contributed by atoms with Crippen LogP contribution < -0.4 is 0 Å². The molecule has 0 amide bonds. The third-order valence-electron chi connectivity index (χ3n) is 13.4. The highest BCUT2D eigenvalue weighted by molar-refractivity contribution is 8.48. The maximum atomic E-state index is 8.04. The van der Waals surface area contributed by atoms with Gasteiger partial charge in [-0.1, -0.05) is 135 Å². The molecule has 2 saturated heterocycles. The van der Waals surface area contributed by atoms with Gasteiger partial charge in [0.15, 0.2) is 0 Å². The Morgan fingerprint density at radius 1 is 0.193 bits per heavy atom. The van der Waals surface area contributed by atoms with Crippen molar-refractivity contribution in [3.63, 3.8) is 0 Å². The zero-order chi connectivity index (χ0) is 43.5. The van der Waals surface area contributed by atoms with Crippen LogP contribution in [-0.2, 0) is 41.2 Å². The van der Waals surface area contributed by atoms with E-state index >= 15 is 0 Å². The second-order valence-electron chi connectivity index (χ2n) is 16.1. The lowest BCUT2D eigenvalue weighted by molar-refractivity contribution is 0.221. The Bertz CT molecular complexity index is 1020.